The molecule has 0 aromatic heterocycles. The number of ether oxygens (including phenoxy) is 2. The summed E-state index contributed by atoms with van der Waals surface area (Å²) < 4.78 is 10.3. The van der Waals surface area contributed by atoms with E-state index in [0.717, 1.165) is 16.9 Å². The van der Waals surface area contributed by atoms with Crippen molar-refractivity contribution in [2.24, 2.45) is 0 Å². The van der Waals surface area contributed by atoms with Gasteiger partial charge in [-0.05, 0) is 55.7 Å². The predicted octanol–water partition coefficient (Wildman–Crippen LogP) is 3.46. The molecule has 0 aliphatic heterocycles. The van der Waals surface area contributed by atoms with E-state index in [1.807, 2.05) is 68.4 Å². The molecule has 7 heteroatoms. The van der Waals surface area contributed by atoms with Crippen molar-refractivity contribution in [1.29, 1.82) is 0 Å². The molecule has 0 saturated carbocycles. The van der Waals surface area contributed by atoms with E-state index in [1.165, 1.54) is 0 Å². The number of nitrogens with one attached hydrogen (secondary N) is 2. The number of carbonyl (C=O) groups is 2. The van der Waals surface area contributed by atoms with Crippen LogP contribution in [0, 0.1) is 0 Å². The van der Waals surface area contributed by atoms with E-state index >= 15 is 0 Å². The Morgan fingerprint density at radius 3 is 2.46 bits per heavy atom. The molecule has 3 aromatic rings. The quantitative estimate of drug-likeness (QED) is 0.347. The Bertz CT molecular complexity index is 1120. The number of hydrogen-bond acceptors (Lipinski definition) is 6. The van der Waals surface area contributed by atoms with Crippen molar-refractivity contribution in [2.75, 3.05) is 13.7 Å². The number of hydrogen-bond donors (Lipinski definition) is 3. The van der Waals surface area contributed by atoms with Gasteiger partial charge in [0.2, 0.25) is 0 Å². The third-order valence-electron chi connectivity index (χ3n) is 5.93. The van der Waals surface area contributed by atoms with Gasteiger partial charge in [-0.15, -0.1) is 0 Å². The molecule has 35 heavy (non-hydrogen) atoms. The lowest BCUT2D eigenvalue weighted by molar-refractivity contribution is -0.120. The van der Waals surface area contributed by atoms with Gasteiger partial charge in [-0.3, -0.25) is 9.59 Å². The fourth-order valence-corrected chi connectivity index (χ4v) is 3.82. The minimum atomic E-state index is -0.900. The van der Waals surface area contributed by atoms with Crippen LogP contribution in [-0.4, -0.2) is 43.3 Å². The van der Waals surface area contributed by atoms with Crippen LogP contribution < -0.4 is 20.1 Å². The van der Waals surface area contributed by atoms with E-state index in [1.54, 1.807) is 31.4 Å². The lowest BCUT2D eigenvalue weighted by atomic mass is 9.93. The maximum Gasteiger partial charge on any atom is 0.298 e. The molecule has 7 nitrogen and oxygen atoms in total. The summed E-state index contributed by atoms with van der Waals surface area (Å²) in [6, 6.07) is 23.3. The Morgan fingerprint density at radius 2 is 1.74 bits per heavy atom. The van der Waals surface area contributed by atoms with Gasteiger partial charge in [0, 0.05) is 12.1 Å². The summed E-state index contributed by atoms with van der Waals surface area (Å²) >= 11 is 0. The molecule has 3 rings (SSSR count). The van der Waals surface area contributed by atoms with Crippen molar-refractivity contribution < 1.29 is 24.2 Å². The highest BCUT2D eigenvalue weighted by atomic mass is 16.5. The van der Waals surface area contributed by atoms with Crippen LogP contribution in [0.5, 0.6) is 11.5 Å². The maximum atomic E-state index is 13.1. The Balaban J connectivity index is 1.77. The minimum Gasteiger partial charge on any atom is -0.497 e. The van der Waals surface area contributed by atoms with Crippen molar-refractivity contribution in [3.05, 3.63) is 95.6 Å². The van der Waals surface area contributed by atoms with Gasteiger partial charge < -0.3 is 25.2 Å². The van der Waals surface area contributed by atoms with Crippen molar-refractivity contribution in [1.82, 2.24) is 10.6 Å². The van der Waals surface area contributed by atoms with Crippen LogP contribution in [0.4, 0.5) is 0 Å². The first kappa shape index (κ1) is 25.9. The SMILES string of the molecule is COc1cccc(C(C)(C)NC[C@@H](O)[C@H](Cc2ccccc2)NC(=O)c2ccccc2OC=O)c1. The first-order valence-corrected chi connectivity index (χ1v) is 11.5. The first-order chi connectivity index (χ1) is 16.8. The van der Waals surface area contributed by atoms with Gasteiger partial charge in [-0.1, -0.05) is 54.6 Å². The number of rotatable bonds is 12. The van der Waals surface area contributed by atoms with Gasteiger partial charge >= 0.3 is 0 Å². The molecule has 0 fully saturated rings. The lowest BCUT2D eigenvalue weighted by Crippen LogP contribution is -2.51. The standard InChI is InChI=1S/C28H32N2O5/c1-28(2,21-12-9-13-22(17-21)34-3)29-18-25(32)24(16-20-10-5-4-6-11-20)30-27(33)23-14-7-8-15-26(23)35-19-31/h4-15,17,19,24-25,29,32H,16,18H2,1-3H3,(H,30,33)/t24-,25+/m0/s1. The molecular weight excluding hydrogens is 444 g/mol. The van der Waals surface area contributed by atoms with Gasteiger partial charge in [0.1, 0.15) is 11.5 Å². The Labute approximate surface area is 206 Å². The zero-order valence-corrected chi connectivity index (χ0v) is 20.2. The van der Waals surface area contributed by atoms with Crippen LogP contribution in [0.15, 0.2) is 78.9 Å². The second kappa shape index (κ2) is 12.1. The fourth-order valence-electron chi connectivity index (χ4n) is 3.82. The molecule has 0 aliphatic rings. The molecule has 0 aliphatic carbocycles. The van der Waals surface area contributed by atoms with Gasteiger partial charge in [0.15, 0.2) is 0 Å². The molecule has 3 N–H and O–H groups in total. The van der Waals surface area contributed by atoms with E-state index < -0.39 is 23.6 Å². The van der Waals surface area contributed by atoms with Crippen LogP contribution in [-0.2, 0) is 16.8 Å². The van der Waals surface area contributed by atoms with Gasteiger partial charge in [0.25, 0.3) is 12.4 Å². The normalized spacial score (nSPS) is 12.9. The zero-order chi connectivity index (χ0) is 25.3. The fraction of sp³-hybridized carbons (Fsp3) is 0.286. The molecule has 0 saturated heterocycles. The summed E-state index contributed by atoms with van der Waals surface area (Å²) in [5, 5.41) is 17.5. The average molecular weight is 477 g/mol. The van der Waals surface area contributed by atoms with E-state index in [9.17, 15) is 14.7 Å². The molecule has 0 bridgehead atoms. The predicted molar refractivity (Wildman–Crippen MR) is 135 cm³/mol. The highest BCUT2D eigenvalue weighted by molar-refractivity contribution is 5.97. The summed E-state index contributed by atoms with van der Waals surface area (Å²) in [6.07, 6.45) is -0.477. The highest BCUT2D eigenvalue weighted by Crippen LogP contribution is 2.24. The van der Waals surface area contributed by atoms with Crippen molar-refractivity contribution >= 4 is 12.4 Å². The number of aliphatic hydroxyl groups excluding tert-OH is 1. The molecule has 1 amide bonds. The summed E-state index contributed by atoms with van der Waals surface area (Å²) in [5.74, 6) is 0.475. The average Bonchev–Trinajstić information content (AvgIpc) is 2.88. The van der Waals surface area contributed by atoms with Crippen LogP contribution in [0.3, 0.4) is 0 Å². The maximum absolute atomic E-state index is 13.1. The molecule has 184 valence electrons. The van der Waals surface area contributed by atoms with Crippen LogP contribution >= 0.6 is 0 Å². The number of benzene rings is 3. The third-order valence-corrected chi connectivity index (χ3v) is 5.93. The smallest absolute Gasteiger partial charge is 0.298 e. The highest BCUT2D eigenvalue weighted by Gasteiger charge is 2.27. The Kier molecular flexibility index (Phi) is 9.00. The van der Waals surface area contributed by atoms with Crippen LogP contribution in [0.1, 0.15) is 35.3 Å². The second-order valence-electron chi connectivity index (χ2n) is 8.79. The van der Waals surface area contributed by atoms with Crippen molar-refractivity contribution in [2.45, 2.75) is 38.0 Å². The number of amides is 1. The number of para-hydroxylation sites is 1. The summed E-state index contributed by atoms with van der Waals surface area (Å²) in [4.78, 5) is 23.9. The molecule has 0 unspecified atom stereocenters. The number of carbonyl (C=O) groups excluding carboxylic acids is 2. The van der Waals surface area contributed by atoms with Crippen LogP contribution in [0.2, 0.25) is 0 Å². The van der Waals surface area contributed by atoms with Crippen molar-refractivity contribution in [3.63, 3.8) is 0 Å². The van der Waals surface area contributed by atoms with E-state index in [0.29, 0.717) is 6.42 Å². The molecule has 2 atom stereocenters. The van der Waals surface area contributed by atoms with Crippen LogP contribution in [0.25, 0.3) is 0 Å². The third kappa shape index (κ3) is 7.15. The van der Waals surface area contributed by atoms with E-state index in [2.05, 4.69) is 10.6 Å². The number of methoxy groups -OCH3 is 1. The van der Waals surface area contributed by atoms with E-state index in [4.69, 9.17) is 9.47 Å². The molecule has 0 radical (unpaired) electrons. The zero-order valence-electron chi connectivity index (χ0n) is 20.2. The molecule has 0 spiro atoms. The van der Waals surface area contributed by atoms with Crippen molar-refractivity contribution in [3.8, 4) is 11.5 Å². The van der Waals surface area contributed by atoms with Gasteiger partial charge in [0.05, 0.1) is 24.8 Å². The topological polar surface area (TPSA) is 96.9 Å². The minimum absolute atomic E-state index is 0.158. The van der Waals surface area contributed by atoms with E-state index in [-0.39, 0.29) is 24.3 Å². The summed E-state index contributed by atoms with van der Waals surface area (Å²) in [5.41, 5.74) is 1.74. The summed E-state index contributed by atoms with van der Waals surface area (Å²) in [6.45, 7) is 4.56. The number of aliphatic hydroxyl groups is 1. The summed E-state index contributed by atoms with van der Waals surface area (Å²) in [7, 11) is 1.62. The molecular formula is C28H32N2O5. The second-order valence-corrected chi connectivity index (χ2v) is 8.79. The monoisotopic (exact) mass is 476 g/mol. The lowest BCUT2D eigenvalue weighted by Gasteiger charge is -2.31. The molecule has 0 heterocycles. The largest absolute Gasteiger partial charge is 0.497 e. The Morgan fingerprint density at radius 1 is 1.03 bits per heavy atom. The Hall–Kier alpha value is -3.68. The molecule has 3 aromatic carbocycles. The first-order valence-electron chi connectivity index (χ1n) is 11.5. The van der Waals surface area contributed by atoms with Gasteiger partial charge in [-0.25, -0.2) is 0 Å². The van der Waals surface area contributed by atoms with Gasteiger partial charge in [-0.2, -0.15) is 0 Å².